The number of thioether (sulfide) groups is 1. The molecule has 1 unspecified atom stereocenters. The van der Waals surface area contributed by atoms with Crippen LogP contribution in [0.15, 0.2) is 75.0 Å². The number of carbonyl (C=O) groups is 2. The molecule has 0 radical (unpaired) electrons. The Hall–Kier alpha value is -2.69. The van der Waals surface area contributed by atoms with Crippen LogP contribution in [0, 0.1) is 13.8 Å². The molecule has 39 heavy (non-hydrogen) atoms. The highest BCUT2D eigenvalue weighted by molar-refractivity contribution is 9.10. The molecule has 198 valence electrons. The van der Waals surface area contributed by atoms with Gasteiger partial charge in [0.1, 0.15) is 5.76 Å². The summed E-state index contributed by atoms with van der Waals surface area (Å²) in [7, 11) is 0. The van der Waals surface area contributed by atoms with E-state index in [0.717, 1.165) is 21.2 Å². The number of halogens is 3. The topological polar surface area (TPSA) is 83.4 Å². The number of aromatic nitrogens is 2. The zero-order valence-corrected chi connectivity index (χ0v) is 25.3. The Morgan fingerprint density at radius 1 is 1.05 bits per heavy atom. The number of rotatable bonds is 6. The number of nitrogens with zero attached hydrogens (tertiary/aromatic N) is 3. The van der Waals surface area contributed by atoms with E-state index in [9.17, 15) is 14.7 Å². The summed E-state index contributed by atoms with van der Waals surface area (Å²) in [4.78, 5) is 28.2. The Bertz CT molecular complexity index is 1640. The van der Waals surface area contributed by atoms with Gasteiger partial charge in [0.25, 0.3) is 5.78 Å². The molecule has 1 aliphatic rings. The summed E-state index contributed by atoms with van der Waals surface area (Å²) in [5, 5.41) is 21.3. The number of ketones is 1. The van der Waals surface area contributed by atoms with Gasteiger partial charge in [-0.25, -0.2) is 0 Å². The van der Waals surface area contributed by atoms with E-state index in [2.05, 4.69) is 26.1 Å². The number of amides is 1. The van der Waals surface area contributed by atoms with Crippen LogP contribution in [-0.4, -0.2) is 27.0 Å². The molecular weight excluding hydrogens is 641 g/mol. The lowest BCUT2D eigenvalue weighted by molar-refractivity contribution is -0.132. The fourth-order valence-electron chi connectivity index (χ4n) is 4.26. The van der Waals surface area contributed by atoms with Crippen molar-refractivity contribution in [1.82, 2.24) is 10.2 Å². The van der Waals surface area contributed by atoms with Crippen molar-refractivity contribution in [1.29, 1.82) is 0 Å². The minimum Gasteiger partial charge on any atom is -0.507 e. The average Bonchev–Trinajstić information content (AvgIpc) is 3.47. The normalized spacial score (nSPS) is 16.7. The molecule has 6 nitrogen and oxygen atoms in total. The lowest BCUT2D eigenvalue weighted by Crippen LogP contribution is -2.29. The van der Waals surface area contributed by atoms with Gasteiger partial charge in [-0.3, -0.25) is 14.5 Å². The molecule has 0 aliphatic carbocycles. The van der Waals surface area contributed by atoms with Crippen LogP contribution < -0.4 is 4.90 Å². The number of aliphatic hydroxyl groups is 1. The molecule has 1 saturated heterocycles. The van der Waals surface area contributed by atoms with Crippen molar-refractivity contribution in [3.8, 4) is 0 Å². The highest BCUT2D eigenvalue weighted by atomic mass is 79.9. The van der Waals surface area contributed by atoms with E-state index in [1.54, 1.807) is 18.2 Å². The highest BCUT2D eigenvalue weighted by Crippen LogP contribution is 2.44. The second-order valence-corrected chi connectivity index (χ2v) is 12.9. The highest BCUT2D eigenvalue weighted by Gasteiger charge is 2.48. The van der Waals surface area contributed by atoms with E-state index >= 15 is 0 Å². The summed E-state index contributed by atoms with van der Waals surface area (Å²) in [5.41, 5.74) is 3.75. The number of Topliss-reactive ketones (excluding diaryl/α,β-unsaturated/α-hetero) is 1. The van der Waals surface area contributed by atoms with Crippen LogP contribution in [0.1, 0.15) is 33.9 Å². The number of aliphatic hydroxyl groups excluding tert-OH is 1. The third-order valence-corrected chi connectivity index (χ3v) is 9.47. The third-order valence-electron chi connectivity index (χ3n) is 6.25. The molecule has 1 atom stereocenters. The van der Waals surface area contributed by atoms with Gasteiger partial charge in [0.15, 0.2) is 4.34 Å². The van der Waals surface area contributed by atoms with Crippen LogP contribution in [0.4, 0.5) is 5.13 Å². The van der Waals surface area contributed by atoms with Gasteiger partial charge in [0.2, 0.25) is 5.13 Å². The molecule has 2 heterocycles. The zero-order valence-electron chi connectivity index (χ0n) is 20.6. The monoisotopic (exact) mass is 659 g/mol. The van der Waals surface area contributed by atoms with Gasteiger partial charge in [-0.05, 0) is 60.9 Å². The lowest BCUT2D eigenvalue weighted by Gasteiger charge is -2.22. The van der Waals surface area contributed by atoms with Crippen LogP contribution >= 0.6 is 62.2 Å². The van der Waals surface area contributed by atoms with Crippen LogP contribution in [0.25, 0.3) is 5.76 Å². The third kappa shape index (κ3) is 5.64. The van der Waals surface area contributed by atoms with Crippen molar-refractivity contribution in [3.63, 3.8) is 0 Å². The average molecular weight is 661 g/mol. The first-order valence-corrected chi connectivity index (χ1v) is 15.0. The Balaban J connectivity index is 1.55. The standard InChI is InChI=1S/C28H20BrCl2N3O3S2/c1-14-3-4-15(2)20(11-14)24(35)22-23(16-5-8-18(29)9-6-16)34(26(37)25(22)36)27-32-33-28(39-27)38-13-17-7-10-19(30)12-21(17)31/h3-12,23,35H,13H2,1-2H3. The lowest BCUT2D eigenvalue weighted by atomic mass is 9.93. The van der Waals surface area contributed by atoms with E-state index in [4.69, 9.17) is 23.2 Å². The largest absolute Gasteiger partial charge is 0.507 e. The van der Waals surface area contributed by atoms with Crippen molar-refractivity contribution in [2.24, 2.45) is 0 Å². The molecule has 0 spiro atoms. The minimum atomic E-state index is -0.880. The summed E-state index contributed by atoms with van der Waals surface area (Å²) < 4.78 is 1.44. The molecule has 0 saturated carbocycles. The zero-order chi connectivity index (χ0) is 27.8. The first-order chi connectivity index (χ1) is 18.6. The van der Waals surface area contributed by atoms with Gasteiger partial charge in [0.05, 0.1) is 11.6 Å². The number of hydrogen-bond acceptors (Lipinski definition) is 7. The van der Waals surface area contributed by atoms with E-state index < -0.39 is 17.7 Å². The summed E-state index contributed by atoms with van der Waals surface area (Å²) in [6, 6.07) is 17.3. The van der Waals surface area contributed by atoms with Crippen LogP contribution in [0.3, 0.4) is 0 Å². The first-order valence-electron chi connectivity index (χ1n) is 11.7. The van der Waals surface area contributed by atoms with E-state index in [0.29, 0.717) is 31.3 Å². The second-order valence-electron chi connectivity index (χ2n) is 8.91. The maximum Gasteiger partial charge on any atom is 0.301 e. The summed E-state index contributed by atoms with van der Waals surface area (Å²) in [5.74, 6) is -1.25. The number of carbonyl (C=O) groups excluding carboxylic acids is 2. The molecule has 4 aromatic rings. The fourth-order valence-corrected chi connectivity index (χ4v) is 6.95. The van der Waals surface area contributed by atoms with Gasteiger partial charge in [0, 0.05) is 25.8 Å². The molecular formula is C28H20BrCl2N3O3S2. The van der Waals surface area contributed by atoms with Crippen molar-refractivity contribution in [3.05, 3.63) is 109 Å². The number of anilines is 1. The number of benzene rings is 3. The van der Waals surface area contributed by atoms with Gasteiger partial charge < -0.3 is 5.11 Å². The fraction of sp³-hybridized carbons (Fsp3) is 0.143. The molecule has 1 aliphatic heterocycles. The molecule has 1 amide bonds. The van der Waals surface area contributed by atoms with Crippen LogP contribution in [0.5, 0.6) is 0 Å². The Kier molecular flexibility index (Phi) is 8.16. The Morgan fingerprint density at radius 2 is 1.79 bits per heavy atom. The van der Waals surface area contributed by atoms with Crippen molar-refractivity contribution in [2.45, 2.75) is 30.0 Å². The SMILES string of the molecule is Cc1ccc(C)c(C(O)=C2C(=O)C(=O)N(c3nnc(SCc4ccc(Cl)cc4Cl)s3)C2c2ccc(Br)cc2)c1. The summed E-state index contributed by atoms with van der Waals surface area (Å²) >= 11 is 18.3. The molecule has 1 N–H and O–H groups in total. The number of hydrogen-bond donors (Lipinski definition) is 1. The summed E-state index contributed by atoms with van der Waals surface area (Å²) in [6.45, 7) is 3.75. The van der Waals surface area contributed by atoms with Crippen LogP contribution in [0.2, 0.25) is 10.0 Å². The van der Waals surface area contributed by atoms with Crippen molar-refractivity contribution < 1.29 is 14.7 Å². The second kappa shape index (κ2) is 11.4. The van der Waals surface area contributed by atoms with Gasteiger partial charge in [-0.1, -0.05) is 98.1 Å². The predicted octanol–water partition coefficient (Wildman–Crippen LogP) is 8.14. The minimum absolute atomic E-state index is 0.00775. The predicted molar refractivity (Wildman–Crippen MR) is 161 cm³/mol. The number of aryl methyl sites for hydroxylation is 2. The Morgan fingerprint density at radius 3 is 2.51 bits per heavy atom. The van der Waals surface area contributed by atoms with Gasteiger partial charge in [-0.15, -0.1) is 10.2 Å². The van der Waals surface area contributed by atoms with Gasteiger partial charge >= 0.3 is 5.91 Å². The quantitative estimate of drug-likeness (QED) is 0.0739. The smallest absolute Gasteiger partial charge is 0.301 e. The molecule has 0 bridgehead atoms. The molecule has 1 fully saturated rings. The van der Waals surface area contributed by atoms with E-state index in [1.165, 1.54) is 28.0 Å². The van der Waals surface area contributed by atoms with E-state index in [-0.39, 0.29) is 16.5 Å². The maximum absolute atomic E-state index is 13.4. The molecule has 3 aromatic carbocycles. The van der Waals surface area contributed by atoms with Crippen LogP contribution in [-0.2, 0) is 15.3 Å². The first kappa shape index (κ1) is 27.9. The van der Waals surface area contributed by atoms with Crippen molar-refractivity contribution in [2.75, 3.05) is 4.90 Å². The maximum atomic E-state index is 13.4. The Labute approximate surface area is 251 Å². The molecule has 11 heteroatoms. The summed E-state index contributed by atoms with van der Waals surface area (Å²) in [6.07, 6.45) is 0. The molecule has 1 aromatic heterocycles. The van der Waals surface area contributed by atoms with Crippen molar-refractivity contribution >= 4 is 84.8 Å². The van der Waals surface area contributed by atoms with Gasteiger partial charge in [-0.2, -0.15) is 0 Å². The molecule has 5 rings (SSSR count). The van der Waals surface area contributed by atoms with E-state index in [1.807, 2.05) is 56.3 Å².